The van der Waals surface area contributed by atoms with E-state index >= 15 is 0 Å². The molecule has 0 saturated carbocycles. The highest BCUT2D eigenvalue weighted by molar-refractivity contribution is 7.99. The molecule has 3 aromatic rings. The van der Waals surface area contributed by atoms with E-state index in [2.05, 4.69) is 23.2 Å². The quantitative estimate of drug-likeness (QED) is 0.608. The molecule has 1 aliphatic heterocycles. The molecule has 0 unspecified atom stereocenters. The molecule has 1 amide bonds. The van der Waals surface area contributed by atoms with Crippen LogP contribution in [0, 0.1) is 6.92 Å². The lowest BCUT2D eigenvalue weighted by molar-refractivity contribution is -0.129. The Kier molecular flexibility index (Phi) is 5.23. The van der Waals surface area contributed by atoms with Gasteiger partial charge in [0.15, 0.2) is 5.16 Å². The summed E-state index contributed by atoms with van der Waals surface area (Å²) >= 11 is 7.72. The molecule has 1 aromatic heterocycles. The predicted molar refractivity (Wildman–Crippen MR) is 110 cm³/mol. The summed E-state index contributed by atoms with van der Waals surface area (Å²) in [5.74, 6) is 0.519. The zero-order valence-electron chi connectivity index (χ0n) is 15.1. The SMILES string of the molecule is Cc1c(Cl)cccc1-n1ccnc1SCC(=O)N1CCc2ccccc2C1. The molecule has 2 aromatic carbocycles. The average Bonchev–Trinajstić information content (AvgIpc) is 3.16. The maximum atomic E-state index is 12.7. The van der Waals surface area contributed by atoms with Gasteiger partial charge in [0.2, 0.25) is 5.91 Å². The van der Waals surface area contributed by atoms with Gasteiger partial charge in [0.25, 0.3) is 0 Å². The van der Waals surface area contributed by atoms with Crippen molar-refractivity contribution in [2.75, 3.05) is 12.3 Å². The number of halogens is 1. The van der Waals surface area contributed by atoms with E-state index in [1.807, 2.05) is 46.9 Å². The van der Waals surface area contributed by atoms with Crippen molar-refractivity contribution in [3.05, 3.63) is 76.6 Å². The normalized spacial score (nSPS) is 13.5. The van der Waals surface area contributed by atoms with Crippen LogP contribution in [0.4, 0.5) is 0 Å². The van der Waals surface area contributed by atoms with Gasteiger partial charge in [-0.2, -0.15) is 0 Å². The van der Waals surface area contributed by atoms with E-state index in [-0.39, 0.29) is 5.91 Å². The second-order valence-electron chi connectivity index (χ2n) is 6.59. The Bertz CT molecular complexity index is 985. The topological polar surface area (TPSA) is 38.1 Å². The molecular formula is C21H20ClN3OS. The summed E-state index contributed by atoms with van der Waals surface area (Å²) in [6.07, 6.45) is 4.58. The van der Waals surface area contributed by atoms with Gasteiger partial charge in [-0.05, 0) is 42.2 Å². The largest absolute Gasteiger partial charge is 0.337 e. The van der Waals surface area contributed by atoms with Crippen LogP contribution in [0.5, 0.6) is 0 Å². The third-order valence-corrected chi connectivity index (χ3v) is 6.27. The van der Waals surface area contributed by atoms with Gasteiger partial charge in [-0.1, -0.05) is 53.7 Å². The van der Waals surface area contributed by atoms with E-state index in [0.29, 0.717) is 12.3 Å². The van der Waals surface area contributed by atoms with Crippen LogP contribution in [0.2, 0.25) is 5.02 Å². The number of amides is 1. The van der Waals surface area contributed by atoms with Gasteiger partial charge >= 0.3 is 0 Å². The number of carbonyl (C=O) groups excluding carboxylic acids is 1. The fraction of sp³-hybridized carbons (Fsp3) is 0.238. The van der Waals surface area contributed by atoms with Gasteiger partial charge < -0.3 is 4.90 Å². The zero-order valence-corrected chi connectivity index (χ0v) is 16.6. The summed E-state index contributed by atoms with van der Waals surface area (Å²) in [6.45, 7) is 3.46. The Labute approximate surface area is 168 Å². The average molecular weight is 398 g/mol. The molecule has 0 saturated heterocycles. The molecule has 0 spiro atoms. The Balaban J connectivity index is 1.45. The van der Waals surface area contributed by atoms with E-state index in [0.717, 1.165) is 34.4 Å². The van der Waals surface area contributed by atoms with Crippen LogP contribution >= 0.6 is 23.4 Å². The molecule has 1 aliphatic rings. The van der Waals surface area contributed by atoms with Crippen molar-refractivity contribution in [1.82, 2.24) is 14.5 Å². The van der Waals surface area contributed by atoms with Crippen LogP contribution in [0.15, 0.2) is 60.0 Å². The van der Waals surface area contributed by atoms with Gasteiger partial charge in [-0.25, -0.2) is 4.98 Å². The number of benzene rings is 2. The Morgan fingerprint density at radius 3 is 2.85 bits per heavy atom. The third kappa shape index (κ3) is 3.75. The van der Waals surface area contributed by atoms with E-state index < -0.39 is 0 Å². The zero-order chi connectivity index (χ0) is 18.8. The number of thioether (sulfide) groups is 1. The Morgan fingerprint density at radius 2 is 2.00 bits per heavy atom. The fourth-order valence-electron chi connectivity index (χ4n) is 3.36. The van der Waals surface area contributed by atoms with Crippen LogP contribution in [0.1, 0.15) is 16.7 Å². The lowest BCUT2D eigenvalue weighted by Crippen LogP contribution is -2.37. The fourth-order valence-corrected chi connectivity index (χ4v) is 4.40. The number of rotatable bonds is 4. The van der Waals surface area contributed by atoms with Crippen molar-refractivity contribution in [3.63, 3.8) is 0 Å². The van der Waals surface area contributed by atoms with Crippen molar-refractivity contribution < 1.29 is 4.79 Å². The molecule has 0 atom stereocenters. The van der Waals surface area contributed by atoms with Crippen LogP contribution in [-0.2, 0) is 17.8 Å². The highest BCUT2D eigenvalue weighted by atomic mass is 35.5. The van der Waals surface area contributed by atoms with E-state index in [1.54, 1.807) is 6.20 Å². The number of hydrogen-bond donors (Lipinski definition) is 0. The molecule has 0 bridgehead atoms. The second kappa shape index (κ2) is 7.79. The second-order valence-corrected chi connectivity index (χ2v) is 7.94. The van der Waals surface area contributed by atoms with Gasteiger partial charge in [-0.15, -0.1) is 0 Å². The third-order valence-electron chi connectivity index (χ3n) is 4.91. The van der Waals surface area contributed by atoms with Crippen molar-refractivity contribution in [2.45, 2.75) is 25.0 Å². The molecule has 0 aliphatic carbocycles. The Hall–Kier alpha value is -2.24. The van der Waals surface area contributed by atoms with Crippen LogP contribution < -0.4 is 0 Å². The molecule has 0 radical (unpaired) electrons. The van der Waals surface area contributed by atoms with Crippen molar-refractivity contribution in [1.29, 1.82) is 0 Å². The smallest absolute Gasteiger partial charge is 0.233 e. The van der Waals surface area contributed by atoms with Gasteiger partial charge in [-0.3, -0.25) is 9.36 Å². The van der Waals surface area contributed by atoms with Crippen molar-refractivity contribution in [2.24, 2.45) is 0 Å². The summed E-state index contributed by atoms with van der Waals surface area (Å²) in [5.41, 5.74) is 4.58. The van der Waals surface area contributed by atoms with E-state index in [4.69, 9.17) is 11.6 Å². The number of aromatic nitrogens is 2. The predicted octanol–water partition coefficient (Wildman–Crippen LogP) is 4.51. The monoisotopic (exact) mass is 397 g/mol. The highest BCUT2D eigenvalue weighted by Crippen LogP contribution is 2.27. The first-order valence-corrected chi connectivity index (χ1v) is 10.3. The molecule has 4 nitrogen and oxygen atoms in total. The molecule has 6 heteroatoms. The summed E-state index contributed by atoms with van der Waals surface area (Å²) in [6, 6.07) is 14.2. The van der Waals surface area contributed by atoms with Crippen molar-refractivity contribution >= 4 is 29.3 Å². The first-order chi connectivity index (χ1) is 13.1. The van der Waals surface area contributed by atoms with Crippen LogP contribution in [0.25, 0.3) is 5.69 Å². The molecule has 27 heavy (non-hydrogen) atoms. The standard InChI is InChI=1S/C21H20ClN3OS/c1-15-18(22)7-4-8-19(15)25-12-10-23-21(25)27-14-20(26)24-11-9-16-5-2-3-6-17(16)13-24/h2-8,10,12H,9,11,13-14H2,1H3. The first kappa shape index (κ1) is 18.1. The maximum Gasteiger partial charge on any atom is 0.233 e. The number of fused-ring (bicyclic) bond motifs is 1. The summed E-state index contributed by atoms with van der Waals surface area (Å²) in [7, 11) is 0. The van der Waals surface area contributed by atoms with Crippen LogP contribution in [0.3, 0.4) is 0 Å². The molecular weight excluding hydrogens is 378 g/mol. The lowest BCUT2D eigenvalue weighted by Gasteiger charge is -2.28. The summed E-state index contributed by atoms with van der Waals surface area (Å²) in [5, 5.41) is 1.52. The molecule has 0 fully saturated rings. The van der Waals surface area contributed by atoms with Gasteiger partial charge in [0.05, 0.1) is 11.4 Å². The van der Waals surface area contributed by atoms with E-state index in [1.165, 1.54) is 22.9 Å². The molecule has 4 rings (SSSR count). The van der Waals surface area contributed by atoms with Crippen LogP contribution in [-0.4, -0.2) is 32.7 Å². The lowest BCUT2D eigenvalue weighted by atomic mass is 10.00. The molecule has 138 valence electrons. The van der Waals surface area contributed by atoms with Gasteiger partial charge in [0.1, 0.15) is 0 Å². The van der Waals surface area contributed by atoms with Crippen molar-refractivity contribution in [3.8, 4) is 5.69 Å². The minimum absolute atomic E-state index is 0.145. The number of imidazole rings is 1. The minimum Gasteiger partial charge on any atom is -0.337 e. The molecule has 0 N–H and O–H groups in total. The number of hydrogen-bond acceptors (Lipinski definition) is 3. The summed E-state index contributed by atoms with van der Waals surface area (Å²) < 4.78 is 1.99. The summed E-state index contributed by atoms with van der Waals surface area (Å²) in [4.78, 5) is 19.1. The first-order valence-electron chi connectivity index (χ1n) is 8.89. The number of nitrogens with zero attached hydrogens (tertiary/aromatic N) is 3. The highest BCUT2D eigenvalue weighted by Gasteiger charge is 2.21. The Morgan fingerprint density at radius 1 is 1.19 bits per heavy atom. The molecule has 2 heterocycles. The van der Waals surface area contributed by atoms with Gasteiger partial charge in [0, 0.05) is 30.5 Å². The minimum atomic E-state index is 0.145. The van der Waals surface area contributed by atoms with E-state index in [9.17, 15) is 4.79 Å². The maximum absolute atomic E-state index is 12.7. The number of carbonyl (C=O) groups is 1.